The van der Waals surface area contributed by atoms with Gasteiger partial charge in [-0.1, -0.05) is 23.4 Å². The van der Waals surface area contributed by atoms with Gasteiger partial charge in [-0.25, -0.2) is 4.79 Å². The number of ketones is 1. The van der Waals surface area contributed by atoms with Gasteiger partial charge >= 0.3 is 11.9 Å². The highest BCUT2D eigenvalue weighted by Crippen LogP contribution is 2.45. The first-order chi connectivity index (χ1) is 16.2. The lowest BCUT2D eigenvalue weighted by atomic mass is 9.95. The molecule has 3 aromatic rings. The Morgan fingerprint density at radius 2 is 1.88 bits per heavy atom. The Kier molecular flexibility index (Phi) is 5.74. The van der Waals surface area contributed by atoms with Crippen molar-refractivity contribution in [3.05, 3.63) is 69.7 Å². The first-order valence-electron chi connectivity index (χ1n) is 10.4. The molecule has 10 heteroatoms. The molecule has 2 aromatic heterocycles. The van der Waals surface area contributed by atoms with E-state index >= 15 is 0 Å². The minimum absolute atomic E-state index is 0.115. The predicted molar refractivity (Wildman–Crippen MR) is 121 cm³/mol. The average Bonchev–Trinajstić information content (AvgIpc) is 3.46. The molecular formula is C24H23N3O7. The van der Waals surface area contributed by atoms with Crippen molar-refractivity contribution in [3.8, 4) is 5.75 Å². The number of Topliss-reactive ketones (excluding diaryl/α,β-unsaturated/α-hetero) is 1. The molecule has 0 radical (unpaired) electrons. The SMILES string of the molecule is COC(=O)c1c(C)[nH]c(/C(O)=C2\C(=O)C(=O)N(c3cc(C)on3)C2c2ccccc2OC)c1C. The second-order valence-corrected chi connectivity index (χ2v) is 7.82. The van der Waals surface area contributed by atoms with E-state index in [0.717, 1.165) is 4.90 Å². The number of nitrogens with zero attached hydrogens (tertiary/aromatic N) is 2. The van der Waals surface area contributed by atoms with Crippen molar-refractivity contribution >= 4 is 29.2 Å². The molecule has 0 saturated carbocycles. The highest BCUT2D eigenvalue weighted by atomic mass is 16.5. The van der Waals surface area contributed by atoms with Gasteiger partial charge in [0.15, 0.2) is 5.82 Å². The summed E-state index contributed by atoms with van der Waals surface area (Å²) in [5.74, 6) is -1.91. The van der Waals surface area contributed by atoms with Crippen LogP contribution in [-0.2, 0) is 14.3 Å². The number of amides is 1. The number of esters is 1. The maximum atomic E-state index is 13.3. The largest absolute Gasteiger partial charge is 0.505 e. The number of nitrogens with one attached hydrogen (secondary N) is 1. The van der Waals surface area contributed by atoms with Gasteiger partial charge in [0, 0.05) is 17.3 Å². The number of carbonyl (C=O) groups excluding carboxylic acids is 3. The van der Waals surface area contributed by atoms with Crippen molar-refractivity contribution in [2.75, 3.05) is 19.1 Å². The normalized spacial score (nSPS) is 17.3. The van der Waals surface area contributed by atoms with E-state index in [4.69, 9.17) is 14.0 Å². The summed E-state index contributed by atoms with van der Waals surface area (Å²) in [7, 11) is 2.72. The molecule has 34 heavy (non-hydrogen) atoms. The quantitative estimate of drug-likeness (QED) is 0.253. The number of hydrogen-bond acceptors (Lipinski definition) is 8. The van der Waals surface area contributed by atoms with Crippen LogP contribution in [0, 0.1) is 20.8 Å². The monoisotopic (exact) mass is 465 g/mol. The molecule has 176 valence electrons. The molecule has 1 atom stereocenters. The Bertz CT molecular complexity index is 1350. The van der Waals surface area contributed by atoms with E-state index in [1.165, 1.54) is 20.3 Å². The number of aromatic nitrogens is 2. The molecule has 4 rings (SSSR count). The minimum Gasteiger partial charge on any atom is -0.505 e. The molecule has 2 N–H and O–H groups in total. The molecule has 1 aliphatic heterocycles. The Hall–Kier alpha value is -4.34. The molecule has 0 aliphatic carbocycles. The van der Waals surface area contributed by atoms with Crippen LogP contribution in [0.3, 0.4) is 0 Å². The van der Waals surface area contributed by atoms with Crippen LogP contribution in [0.25, 0.3) is 5.76 Å². The molecule has 1 aromatic carbocycles. The van der Waals surface area contributed by atoms with Crippen LogP contribution >= 0.6 is 0 Å². The maximum absolute atomic E-state index is 13.3. The molecule has 3 heterocycles. The lowest BCUT2D eigenvalue weighted by molar-refractivity contribution is -0.132. The summed E-state index contributed by atoms with van der Waals surface area (Å²) in [4.78, 5) is 42.8. The van der Waals surface area contributed by atoms with Crippen molar-refractivity contribution in [2.24, 2.45) is 0 Å². The van der Waals surface area contributed by atoms with E-state index in [1.807, 2.05) is 0 Å². The van der Waals surface area contributed by atoms with Gasteiger partial charge in [0.1, 0.15) is 23.3 Å². The van der Waals surface area contributed by atoms with Gasteiger partial charge in [-0.15, -0.1) is 0 Å². The van der Waals surface area contributed by atoms with E-state index < -0.39 is 29.5 Å². The Morgan fingerprint density at radius 1 is 1.18 bits per heavy atom. The number of aromatic amines is 1. The number of ether oxygens (including phenoxy) is 2. The standard InChI is InChI=1S/C24H23N3O7/c1-11-10-16(26-34-11)27-20(14-8-6-7-9-15(14)32-4)18(22(29)23(27)30)21(28)19-12(2)17(13(3)25-19)24(31)33-5/h6-10,20,25,28H,1-5H3/b21-18+. The third-order valence-electron chi connectivity index (χ3n) is 5.80. The molecule has 10 nitrogen and oxygen atoms in total. The van der Waals surface area contributed by atoms with Gasteiger partial charge in [0.25, 0.3) is 5.78 Å². The molecular weight excluding hydrogens is 442 g/mol. The summed E-state index contributed by atoms with van der Waals surface area (Å²) in [6.07, 6.45) is 0. The van der Waals surface area contributed by atoms with E-state index in [2.05, 4.69) is 10.1 Å². The highest BCUT2D eigenvalue weighted by molar-refractivity contribution is 6.51. The van der Waals surface area contributed by atoms with Gasteiger partial charge in [-0.05, 0) is 32.4 Å². The van der Waals surface area contributed by atoms with Crippen LogP contribution in [0.1, 0.15) is 44.7 Å². The summed E-state index contributed by atoms with van der Waals surface area (Å²) >= 11 is 0. The van der Waals surface area contributed by atoms with Crippen molar-refractivity contribution in [3.63, 3.8) is 0 Å². The second-order valence-electron chi connectivity index (χ2n) is 7.82. The fourth-order valence-electron chi connectivity index (χ4n) is 4.25. The molecule has 1 unspecified atom stereocenters. The summed E-state index contributed by atoms with van der Waals surface area (Å²) in [5.41, 5.74) is 1.47. The van der Waals surface area contributed by atoms with Crippen molar-refractivity contribution in [2.45, 2.75) is 26.8 Å². The minimum atomic E-state index is -1.06. The van der Waals surface area contributed by atoms with Gasteiger partial charge in [0.05, 0.1) is 31.1 Å². The number of anilines is 1. The lowest BCUT2D eigenvalue weighted by Crippen LogP contribution is -2.29. The van der Waals surface area contributed by atoms with Crippen LogP contribution in [0.4, 0.5) is 5.82 Å². The molecule has 1 fully saturated rings. The van der Waals surface area contributed by atoms with E-state index in [1.54, 1.807) is 45.0 Å². The number of benzene rings is 1. The number of aliphatic hydroxyl groups is 1. The Balaban J connectivity index is 2.00. The van der Waals surface area contributed by atoms with Crippen molar-refractivity contribution in [1.29, 1.82) is 0 Å². The van der Waals surface area contributed by atoms with Gasteiger partial charge in [-0.3, -0.25) is 14.5 Å². The maximum Gasteiger partial charge on any atom is 0.339 e. The summed E-state index contributed by atoms with van der Waals surface area (Å²) in [5, 5.41) is 15.3. The Labute approximate surface area is 194 Å². The number of aliphatic hydroxyl groups excluding tert-OH is 1. The van der Waals surface area contributed by atoms with Crippen LogP contribution < -0.4 is 9.64 Å². The molecule has 0 bridgehead atoms. The molecule has 1 aliphatic rings. The summed E-state index contributed by atoms with van der Waals surface area (Å²) in [6.45, 7) is 4.91. The third kappa shape index (κ3) is 3.43. The number of para-hydroxylation sites is 1. The van der Waals surface area contributed by atoms with Crippen LogP contribution in [0.15, 0.2) is 40.4 Å². The summed E-state index contributed by atoms with van der Waals surface area (Å²) in [6, 6.07) is 7.30. The van der Waals surface area contributed by atoms with Crippen LogP contribution in [0.5, 0.6) is 5.75 Å². The van der Waals surface area contributed by atoms with E-state index in [9.17, 15) is 19.5 Å². The van der Waals surface area contributed by atoms with Gasteiger partial charge in [0.2, 0.25) is 0 Å². The van der Waals surface area contributed by atoms with Gasteiger partial charge in [-0.2, -0.15) is 0 Å². The fraction of sp³-hybridized carbons (Fsp3) is 0.250. The zero-order valence-electron chi connectivity index (χ0n) is 19.3. The van der Waals surface area contributed by atoms with E-state index in [-0.39, 0.29) is 22.6 Å². The number of rotatable bonds is 5. The lowest BCUT2D eigenvalue weighted by Gasteiger charge is -2.24. The average molecular weight is 465 g/mol. The first-order valence-corrected chi connectivity index (χ1v) is 10.4. The van der Waals surface area contributed by atoms with Crippen molar-refractivity contribution in [1.82, 2.24) is 10.1 Å². The third-order valence-corrected chi connectivity index (χ3v) is 5.80. The zero-order chi connectivity index (χ0) is 24.7. The smallest absolute Gasteiger partial charge is 0.339 e. The summed E-state index contributed by atoms with van der Waals surface area (Å²) < 4.78 is 15.4. The number of carbonyl (C=O) groups is 3. The number of aryl methyl sites for hydroxylation is 2. The topological polar surface area (TPSA) is 135 Å². The van der Waals surface area contributed by atoms with Crippen LogP contribution in [0.2, 0.25) is 0 Å². The van der Waals surface area contributed by atoms with Gasteiger partial charge < -0.3 is 24.1 Å². The number of methoxy groups -OCH3 is 2. The van der Waals surface area contributed by atoms with Crippen molar-refractivity contribution < 1.29 is 33.5 Å². The fourth-order valence-corrected chi connectivity index (χ4v) is 4.25. The number of H-pyrrole nitrogens is 1. The second kappa shape index (κ2) is 8.54. The first kappa shape index (κ1) is 22.8. The Morgan fingerprint density at radius 3 is 2.50 bits per heavy atom. The van der Waals surface area contributed by atoms with Crippen LogP contribution in [-0.4, -0.2) is 47.1 Å². The zero-order valence-corrected chi connectivity index (χ0v) is 19.3. The molecule has 1 saturated heterocycles. The van der Waals surface area contributed by atoms with E-state index in [0.29, 0.717) is 28.3 Å². The molecule has 1 amide bonds. The number of hydrogen-bond donors (Lipinski definition) is 2. The predicted octanol–water partition coefficient (Wildman–Crippen LogP) is 3.35. The molecule has 0 spiro atoms. The highest BCUT2D eigenvalue weighted by Gasteiger charge is 2.49.